The average Bonchev–Trinajstić information content (AvgIpc) is 3.25. The quantitative estimate of drug-likeness (QED) is 0.409. The summed E-state index contributed by atoms with van der Waals surface area (Å²) in [5, 5.41) is 2.33. The second-order valence-electron chi connectivity index (χ2n) is 9.02. The summed E-state index contributed by atoms with van der Waals surface area (Å²) in [6.07, 6.45) is 4.02. The van der Waals surface area contributed by atoms with Gasteiger partial charge < -0.3 is 9.47 Å². The molecule has 3 heteroatoms. The molecule has 1 aliphatic heterocycles. The molecule has 0 radical (unpaired) electrons. The van der Waals surface area contributed by atoms with E-state index < -0.39 is 0 Å². The maximum absolute atomic E-state index is 12.7. The maximum atomic E-state index is 12.7. The van der Waals surface area contributed by atoms with Gasteiger partial charge in [-0.05, 0) is 65.5 Å². The third-order valence-electron chi connectivity index (χ3n) is 7.13. The molecule has 27 heavy (non-hydrogen) atoms. The van der Waals surface area contributed by atoms with Crippen LogP contribution in [0.15, 0.2) is 36.4 Å². The molecule has 2 aromatic carbocycles. The van der Waals surface area contributed by atoms with Crippen LogP contribution in [0.3, 0.4) is 0 Å². The Bertz CT molecular complexity index is 886. The molecule has 2 aliphatic carbocycles. The number of fused-ring (bicyclic) bond motifs is 6. The monoisotopic (exact) mass is 364 g/mol. The van der Waals surface area contributed by atoms with Crippen LogP contribution in [0, 0.1) is 23.7 Å². The molecule has 0 N–H and O–H groups in total. The summed E-state index contributed by atoms with van der Waals surface area (Å²) in [7, 11) is 0. The topological polar surface area (TPSA) is 38.8 Å². The van der Waals surface area contributed by atoms with Gasteiger partial charge in [0.25, 0.3) is 0 Å². The Morgan fingerprint density at radius 2 is 1.89 bits per heavy atom. The van der Waals surface area contributed by atoms with Gasteiger partial charge >= 0.3 is 5.97 Å². The molecule has 6 atom stereocenters. The molecule has 5 rings (SSSR count). The van der Waals surface area contributed by atoms with Gasteiger partial charge in [-0.15, -0.1) is 0 Å². The number of rotatable bonds is 5. The summed E-state index contributed by atoms with van der Waals surface area (Å²) in [5.74, 6) is 2.79. The Kier molecular flexibility index (Phi) is 4.05. The first kappa shape index (κ1) is 17.2. The number of carbonyl (C=O) groups excluding carboxylic acids is 1. The molecule has 2 saturated carbocycles. The highest BCUT2D eigenvalue weighted by atomic mass is 16.6. The van der Waals surface area contributed by atoms with Gasteiger partial charge in [-0.3, -0.25) is 4.79 Å². The third kappa shape index (κ3) is 2.87. The van der Waals surface area contributed by atoms with Crippen molar-refractivity contribution in [1.29, 1.82) is 0 Å². The molecule has 2 bridgehead atoms. The summed E-state index contributed by atoms with van der Waals surface area (Å²) in [6.45, 7) is 6.82. The van der Waals surface area contributed by atoms with Crippen LogP contribution in [0.4, 0.5) is 0 Å². The van der Waals surface area contributed by atoms with Crippen LogP contribution in [0.2, 0.25) is 0 Å². The molecule has 0 spiro atoms. The van der Waals surface area contributed by atoms with Gasteiger partial charge in [0, 0.05) is 5.92 Å². The highest BCUT2D eigenvalue weighted by molar-refractivity contribution is 5.86. The highest BCUT2D eigenvalue weighted by Crippen LogP contribution is 2.59. The van der Waals surface area contributed by atoms with E-state index in [9.17, 15) is 4.79 Å². The second-order valence-corrected chi connectivity index (χ2v) is 9.02. The number of benzene rings is 2. The van der Waals surface area contributed by atoms with Crippen LogP contribution in [-0.2, 0) is 9.53 Å². The molecule has 3 aliphatic rings. The third-order valence-corrected chi connectivity index (χ3v) is 7.13. The van der Waals surface area contributed by atoms with E-state index in [0.717, 1.165) is 24.6 Å². The SMILES string of the molecule is CCC(c1ccc2cc(OC(=O)C3CC4CC3C3OC43)ccc2c1)C(C)C. The van der Waals surface area contributed by atoms with Gasteiger partial charge in [0.05, 0.1) is 18.1 Å². The number of epoxide rings is 1. The standard InChI is InChI=1S/C24H28O3/c1-4-19(13(2)3)16-6-5-15-10-18(8-7-14(15)9-16)26-24(25)21-12-17-11-20(21)23-22(17)27-23/h5-10,13,17,19-23H,4,11-12H2,1-3H3. The smallest absolute Gasteiger partial charge is 0.314 e. The summed E-state index contributed by atoms with van der Waals surface area (Å²) < 4.78 is 11.4. The van der Waals surface area contributed by atoms with Crippen LogP contribution in [0.5, 0.6) is 5.75 Å². The van der Waals surface area contributed by atoms with E-state index >= 15 is 0 Å². The zero-order chi connectivity index (χ0) is 18.7. The highest BCUT2D eigenvalue weighted by Gasteiger charge is 2.64. The van der Waals surface area contributed by atoms with Crippen LogP contribution in [-0.4, -0.2) is 18.2 Å². The minimum absolute atomic E-state index is 0.0215. The zero-order valence-corrected chi connectivity index (χ0v) is 16.4. The molecule has 1 heterocycles. The number of hydrogen-bond donors (Lipinski definition) is 0. The van der Waals surface area contributed by atoms with Crippen molar-refractivity contribution in [3.63, 3.8) is 0 Å². The maximum Gasteiger partial charge on any atom is 0.314 e. The van der Waals surface area contributed by atoms with Crippen molar-refractivity contribution in [2.75, 3.05) is 0 Å². The van der Waals surface area contributed by atoms with Gasteiger partial charge in [-0.2, -0.15) is 0 Å². The van der Waals surface area contributed by atoms with Crippen molar-refractivity contribution in [1.82, 2.24) is 0 Å². The van der Waals surface area contributed by atoms with Crippen molar-refractivity contribution in [2.24, 2.45) is 23.7 Å². The van der Waals surface area contributed by atoms with E-state index in [1.807, 2.05) is 12.1 Å². The molecule has 6 unspecified atom stereocenters. The minimum atomic E-state index is -0.0710. The van der Waals surface area contributed by atoms with Crippen LogP contribution < -0.4 is 4.74 Å². The molecule has 1 saturated heterocycles. The first-order valence-corrected chi connectivity index (χ1v) is 10.5. The van der Waals surface area contributed by atoms with Crippen molar-refractivity contribution in [2.45, 2.75) is 58.2 Å². The van der Waals surface area contributed by atoms with Crippen molar-refractivity contribution in [3.05, 3.63) is 42.0 Å². The van der Waals surface area contributed by atoms with Crippen molar-refractivity contribution in [3.8, 4) is 5.75 Å². The Balaban J connectivity index is 1.33. The number of carbonyl (C=O) groups is 1. The minimum Gasteiger partial charge on any atom is -0.426 e. The second kappa shape index (κ2) is 6.34. The first-order valence-electron chi connectivity index (χ1n) is 10.5. The molecule has 142 valence electrons. The van der Waals surface area contributed by atoms with E-state index in [1.165, 1.54) is 10.9 Å². The summed E-state index contributed by atoms with van der Waals surface area (Å²) in [4.78, 5) is 12.7. The molecule has 3 nitrogen and oxygen atoms in total. The number of esters is 1. The Hall–Kier alpha value is -1.87. The Morgan fingerprint density at radius 3 is 2.59 bits per heavy atom. The summed E-state index contributed by atoms with van der Waals surface area (Å²) >= 11 is 0. The van der Waals surface area contributed by atoms with Gasteiger partial charge in [0.1, 0.15) is 5.75 Å². The molecular weight excluding hydrogens is 336 g/mol. The van der Waals surface area contributed by atoms with Crippen LogP contribution in [0.1, 0.15) is 51.5 Å². The molecule has 3 fully saturated rings. The lowest BCUT2D eigenvalue weighted by atomic mass is 9.85. The Morgan fingerprint density at radius 1 is 1.11 bits per heavy atom. The molecular formula is C24H28O3. The predicted octanol–water partition coefficient (Wildman–Crippen LogP) is 5.32. The van der Waals surface area contributed by atoms with Crippen LogP contribution >= 0.6 is 0 Å². The van der Waals surface area contributed by atoms with E-state index in [-0.39, 0.29) is 11.9 Å². The van der Waals surface area contributed by atoms with E-state index in [0.29, 0.717) is 41.6 Å². The molecule has 0 amide bonds. The van der Waals surface area contributed by atoms with E-state index in [1.54, 1.807) is 0 Å². The summed E-state index contributed by atoms with van der Waals surface area (Å²) in [5.41, 5.74) is 1.39. The van der Waals surface area contributed by atoms with E-state index in [2.05, 4.69) is 45.0 Å². The fraction of sp³-hybridized carbons (Fsp3) is 0.542. The normalized spacial score (nSPS) is 31.9. The predicted molar refractivity (Wildman–Crippen MR) is 106 cm³/mol. The number of hydrogen-bond acceptors (Lipinski definition) is 3. The van der Waals surface area contributed by atoms with Gasteiger partial charge in [-0.1, -0.05) is 45.0 Å². The van der Waals surface area contributed by atoms with Gasteiger partial charge in [-0.25, -0.2) is 0 Å². The Labute approximate surface area is 161 Å². The van der Waals surface area contributed by atoms with E-state index in [4.69, 9.17) is 9.47 Å². The largest absolute Gasteiger partial charge is 0.426 e. The first-order chi connectivity index (χ1) is 13.0. The summed E-state index contributed by atoms with van der Waals surface area (Å²) in [6, 6.07) is 12.7. The zero-order valence-electron chi connectivity index (χ0n) is 16.4. The lowest BCUT2D eigenvalue weighted by Crippen LogP contribution is -2.29. The fourth-order valence-corrected chi connectivity index (χ4v) is 5.69. The van der Waals surface area contributed by atoms with Crippen molar-refractivity contribution < 1.29 is 14.3 Å². The average molecular weight is 364 g/mol. The van der Waals surface area contributed by atoms with Gasteiger partial charge in [0.2, 0.25) is 0 Å². The molecule has 0 aromatic heterocycles. The molecule has 2 aromatic rings. The van der Waals surface area contributed by atoms with Gasteiger partial charge in [0.15, 0.2) is 0 Å². The number of ether oxygens (including phenoxy) is 2. The lowest BCUT2D eigenvalue weighted by Gasteiger charge is -2.20. The van der Waals surface area contributed by atoms with Crippen molar-refractivity contribution >= 4 is 16.7 Å². The van der Waals surface area contributed by atoms with Crippen LogP contribution in [0.25, 0.3) is 10.8 Å². The fourth-order valence-electron chi connectivity index (χ4n) is 5.69. The lowest BCUT2D eigenvalue weighted by molar-refractivity contribution is -0.140.